The Kier molecular flexibility index (Phi) is 5.05. The van der Waals surface area contributed by atoms with Gasteiger partial charge in [0.25, 0.3) is 0 Å². The minimum absolute atomic E-state index is 0. The summed E-state index contributed by atoms with van der Waals surface area (Å²) < 4.78 is 9.84. The van der Waals surface area contributed by atoms with E-state index >= 15 is 0 Å². The van der Waals surface area contributed by atoms with Gasteiger partial charge < -0.3 is 9.47 Å². The molecule has 0 aliphatic carbocycles. The predicted molar refractivity (Wildman–Crippen MR) is 37.7 cm³/mol. The van der Waals surface area contributed by atoms with Gasteiger partial charge in [-0.1, -0.05) is 11.6 Å². The summed E-state index contributed by atoms with van der Waals surface area (Å²) in [5, 5.41) is 0. The second kappa shape index (κ2) is 4.61. The number of ether oxygens (including phenoxy) is 2. The van der Waals surface area contributed by atoms with E-state index in [1.807, 2.05) is 0 Å². The molecule has 0 aromatic heterocycles. The molecule has 1 atom stereocenters. The van der Waals surface area contributed by atoms with Crippen LogP contribution in [0.15, 0.2) is 0 Å². The third-order valence-electron chi connectivity index (χ3n) is 0.775. The summed E-state index contributed by atoms with van der Waals surface area (Å²) in [5.41, 5.74) is -0.214. The molecule has 1 saturated heterocycles. The zero-order valence-electron chi connectivity index (χ0n) is 3.89. The normalized spacial score (nSPS) is 28.9. The SMILES string of the molecule is ClC1COCCO1.[GeH4]. The third-order valence-corrected chi connectivity index (χ3v) is 1.03. The van der Waals surface area contributed by atoms with E-state index in [0.717, 1.165) is 0 Å². The number of rotatable bonds is 0. The van der Waals surface area contributed by atoms with Crippen LogP contribution >= 0.6 is 11.6 Å². The molecule has 0 amide bonds. The van der Waals surface area contributed by atoms with Gasteiger partial charge in [-0.2, -0.15) is 0 Å². The predicted octanol–water partition coefficient (Wildman–Crippen LogP) is -0.853. The van der Waals surface area contributed by atoms with E-state index in [4.69, 9.17) is 21.1 Å². The first kappa shape index (κ1) is 8.75. The average Bonchev–Trinajstić information content (AvgIpc) is 1.69. The van der Waals surface area contributed by atoms with Gasteiger partial charge >= 0.3 is 17.6 Å². The van der Waals surface area contributed by atoms with Crippen LogP contribution < -0.4 is 0 Å². The first-order chi connectivity index (χ1) is 3.39. The molecule has 2 nitrogen and oxygen atoms in total. The van der Waals surface area contributed by atoms with Crippen molar-refractivity contribution in [1.82, 2.24) is 0 Å². The molecule has 0 radical (unpaired) electrons. The molecule has 1 rings (SSSR count). The van der Waals surface area contributed by atoms with Crippen molar-refractivity contribution < 1.29 is 9.47 Å². The maximum absolute atomic E-state index is 5.47. The Bertz CT molecular complexity index is 56.0. The Labute approximate surface area is 64.5 Å². The fraction of sp³-hybridized carbons (Fsp3) is 1.00. The van der Waals surface area contributed by atoms with Crippen LogP contribution in [0.4, 0.5) is 0 Å². The van der Waals surface area contributed by atoms with E-state index in [0.29, 0.717) is 19.8 Å². The summed E-state index contributed by atoms with van der Waals surface area (Å²) in [7, 11) is 0. The van der Waals surface area contributed by atoms with E-state index in [1.165, 1.54) is 0 Å². The van der Waals surface area contributed by atoms with Crippen LogP contribution in [-0.4, -0.2) is 43.0 Å². The van der Waals surface area contributed by atoms with Crippen LogP contribution in [0.1, 0.15) is 0 Å². The van der Waals surface area contributed by atoms with Crippen molar-refractivity contribution in [2.75, 3.05) is 19.8 Å². The molecular weight excluding hydrogens is 188 g/mol. The fourth-order valence-corrected chi connectivity index (χ4v) is 0.637. The van der Waals surface area contributed by atoms with Crippen molar-refractivity contribution in [3.63, 3.8) is 0 Å². The van der Waals surface area contributed by atoms with E-state index in [2.05, 4.69) is 0 Å². The van der Waals surface area contributed by atoms with Gasteiger partial charge in [-0.3, -0.25) is 0 Å². The maximum atomic E-state index is 5.47. The van der Waals surface area contributed by atoms with Crippen LogP contribution in [0.3, 0.4) is 0 Å². The van der Waals surface area contributed by atoms with Gasteiger partial charge in [-0.25, -0.2) is 0 Å². The molecule has 0 saturated carbocycles. The first-order valence-corrected chi connectivity index (χ1v) is 2.66. The van der Waals surface area contributed by atoms with E-state index in [9.17, 15) is 0 Å². The summed E-state index contributed by atoms with van der Waals surface area (Å²) in [6.45, 7) is 1.85. The molecule has 1 aliphatic rings. The molecule has 1 unspecified atom stereocenters. The molecular formula is C4H11ClGeO2. The van der Waals surface area contributed by atoms with Crippen LogP contribution in [-0.2, 0) is 9.47 Å². The zero-order chi connectivity index (χ0) is 5.11. The van der Waals surface area contributed by atoms with Crippen molar-refractivity contribution in [2.24, 2.45) is 0 Å². The number of hydrogen-bond donors (Lipinski definition) is 0. The van der Waals surface area contributed by atoms with Crippen LogP contribution in [0, 0.1) is 0 Å². The standard InChI is InChI=1S/C4H7ClO2.GeH4/c5-4-3-6-1-2-7-4;/h4H,1-3H2;1H4. The number of alkyl halides is 1. The monoisotopic (exact) mass is 200 g/mol. The molecule has 0 N–H and O–H groups in total. The second-order valence-electron chi connectivity index (χ2n) is 1.36. The van der Waals surface area contributed by atoms with Gasteiger partial charge in [0.15, 0.2) is 5.56 Å². The third kappa shape index (κ3) is 2.92. The van der Waals surface area contributed by atoms with Crippen molar-refractivity contribution >= 4 is 29.2 Å². The topological polar surface area (TPSA) is 18.5 Å². The first-order valence-electron chi connectivity index (χ1n) is 2.23. The molecule has 0 aromatic rings. The Morgan fingerprint density at radius 2 is 2.12 bits per heavy atom. The molecule has 0 aromatic carbocycles. The fourth-order valence-electron chi connectivity index (χ4n) is 0.459. The average molecular weight is 199 g/mol. The van der Waals surface area contributed by atoms with Crippen LogP contribution in [0.2, 0.25) is 0 Å². The van der Waals surface area contributed by atoms with Crippen LogP contribution in [0.25, 0.3) is 0 Å². The van der Waals surface area contributed by atoms with E-state index in [-0.39, 0.29) is 23.2 Å². The molecule has 1 heterocycles. The van der Waals surface area contributed by atoms with Crippen molar-refractivity contribution in [3.8, 4) is 0 Å². The minimum atomic E-state index is -0.214. The molecule has 50 valence electrons. The van der Waals surface area contributed by atoms with Gasteiger partial charge in [0.05, 0.1) is 19.8 Å². The molecule has 0 bridgehead atoms. The van der Waals surface area contributed by atoms with Crippen LogP contribution in [0.5, 0.6) is 0 Å². The summed E-state index contributed by atoms with van der Waals surface area (Å²) in [6, 6.07) is 0. The van der Waals surface area contributed by atoms with Crippen molar-refractivity contribution in [3.05, 3.63) is 0 Å². The van der Waals surface area contributed by atoms with Gasteiger partial charge in [0, 0.05) is 0 Å². The zero-order valence-corrected chi connectivity index (χ0v) is 4.65. The summed E-state index contributed by atoms with van der Waals surface area (Å²) in [6.07, 6.45) is 0. The van der Waals surface area contributed by atoms with Gasteiger partial charge in [-0.05, 0) is 0 Å². The molecule has 1 fully saturated rings. The molecule has 8 heavy (non-hydrogen) atoms. The van der Waals surface area contributed by atoms with Gasteiger partial charge in [-0.15, -0.1) is 0 Å². The molecule has 0 spiro atoms. The Morgan fingerprint density at radius 3 is 2.38 bits per heavy atom. The van der Waals surface area contributed by atoms with E-state index in [1.54, 1.807) is 0 Å². The second-order valence-corrected chi connectivity index (χ2v) is 1.84. The number of hydrogen-bond acceptors (Lipinski definition) is 2. The van der Waals surface area contributed by atoms with Crippen molar-refractivity contribution in [1.29, 1.82) is 0 Å². The Hall–Kier alpha value is 0.753. The molecule has 1 aliphatic heterocycles. The van der Waals surface area contributed by atoms with E-state index < -0.39 is 0 Å². The quantitative estimate of drug-likeness (QED) is 0.373. The van der Waals surface area contributed by atoms with Gasteiger partial charge in [0.1, 0.15) is 0 Å². The summed E-state index contributed by atoms with van der Waals surface area (Å²) in [5.74, 6) is 0. The summed E-state index contributed by atoms with van der Waals surface area (Å²) >= 11 is 5.47. The summed E-state index contributed by atoms with van der Waals surface area (Å²) in [4.78, 5) is 0. The Balaban J connectivity index is 0.000000490. The number of halogens is 1. The molecule has 4 heteroatoms. The Morgan fingerprint density at radius 1 is 1.38 bits per heavy atom. The van der Waals surface area contributed by atoms with Gasteiger partial charge in [0.2, 0.25) is 0 Å². The van der Waals surface area contributed by atoms with Crippen molar-refractivity contribution in [2.45, 2.75) is 5.56 Å².